The first-order chi connectivity index (χ1) is 11.2. The van der Waals surface area contributed by atoms with E-state index in [1.165, 1.54) is 0 Å². The smallest absolute Gasteiger partial charge is 0.239 e. The Morgan fingerprint density at radius 1 is 1.39 bits per heavy atom. The summed E-state index contributed by atoms with van der Waals surface area (Å²) in [6.45, 7) is 4.48. The Hall–Kier alpha value is -2.15. The van der Waals surface area contributed by atoms with Crippen LogP contribution in [0.25, 0.3) is 0 Å². The van der Waals surface area contributed by atoms with Crippen molar-refractivity contribution in [2.45, 2.75) is 6.42 Å². The van der Waals surface area contributed by atoms with Crippen molar-refractivity contribution in [1.82, 2.24) is 20.1 Å². The first-order valence-corrected chi connectivity index (χ1v) is 8.12. The number of nitrogens with zero attached hydrogens (tertiary/aromatic N) is 3. The summed E-state index contributed by atoms with van der Waals surface area (Å²) in [7, 11) is 0. The SMILES string of the molecule is O=C1CN(C(=O)CN2CC[C@H](CNc3ccccn3)C2)CCN1. The largest absolute Gasteiger partial charge is 0.370 e. The fourth-order valence-corrected chi connectivity index (χ4v) is 3.08. The number of aromatic nitrogens is 1. The first kappa shape index (κ1) is 15.7. The number of anilines is 1. The molecule has 0 aromatic carbocycles. The number of piperazine rings is 1. The molecular formula is C16H23N5O2. The number of hydrogen-bond donors (Lipinski definition) is 2. The molecule has 2 saturated heterocycles. The molecule has 2 fully saturated rings. The number of nitrogens with one attached hydrogen (secondary N) is 2. The van der Waals surface area contributed by atoms with Crippen molar-refractivity contribution in [2.75, 3.05) is 51.1 Å². The van der Waals surface area contributed by atoms with E-state index in [0.29, 0.717) is 25.6 Å². The van der Waals surface area contributed by atoms with Crippen molar-refractivity contribution >= 4 is 17.6 Å². The molecule has 7 heteroatoms. The van der Waals surface area contributed by atoms with Gasteiger partial charge in [0.1, 0.15) is 5.82 Å². The zero-order chi connectivity index (χ0) is 16.1. The van der Waals surface area contributed by atoms with E-state index in [9.17, 15) is 9.59 Å². The van der Waals surface area contributed by atoms with Gasteiger partial charge in [0, 0.05) is 32.4 Å². The molecule has 3 rings (SSSR count). The topological polar surface area (TPSA) is 77.6 Å². The Kier molecular flexibility index (Phi) is 5.07. The average molecular weight is 317 g/mol. The molecule has 2 aliphatic rings. The van der Waals surface area contributed by atoms with Crippen molar-refractivity contribution in [1.29, 1.82) is 0 Å². The molecule has 23 heavy (non-hydrogen) atoms. The minimum absolute atomic E-state index is 0.0539. The van der Waals surface area contributed by atoms with Crippen LogP contribution in [0.2, 0.25) is 0 Å². The van der Waals surface area contributed by atoms with Gasteiger partial charge in [0.25, 0.3) is 0 Å². The average Bonchev–Trinajstić information content (AvgIpc) is 3.01. The molecule has 7 nitrogen and oxygen atoms in total. The molecule has 0 spiro atoms. The van der Waals surface area contributed by atoms with Crippen molar-refractivity contribution in [2.24, 2.45) is 5.92 Å². The van der Waals surface area contributed by atoms with Crippen molar-refractivity contribution in [3.05, 3.63) is 24.4 Å². The van der Waals surface area contributed by atoms with Gasteiger partial charge in [-0.15, -0.1) is 0 Å². The van der Waals surface area contributed by atoms with Crippen LogP contribution in [0.5, 0.6) is 0 Å². The van der Waals surface area contributed by atoms with E-state index < -0.39 is 0 Å². The summed E-state index contributed by atoms with van der Waals surface area (Å²) in [6.07, 6.45) is 2.85. The Morgan fingerprint density at radius 3 is 3.09 bits per heavy atom. The Labute approximate surface area is 136 Å². The van der Waals surface area contributed by atoms with Crippen molar-refractivity contribution in [3.8, 4) is 0 Å². The van der Waals surface area contributed by atoms with Gasteiger partial charge in [0.05, 0.1) is 13.1 Å². The highest BCUT2D eigenvalue weighted by Crippen LogP contribution is 2.17. The zero-order valence-corrected chi connectivity index (χ0v) is 13.2. The standard InChI is InChI=1S/C16H23N5O2/c22-15-11-21(8-6-18-15)16(23)12-20-7-4-13(10-20)9-19-14-3-1-2-5-17-14/h1-3,5,13H,4,6-12H2,(H,17,19)(H,18,22)/t13-/m1/s1. The summed E-state index contributed by atoms with van der Waals surface area (Å²) in [5.74, 6) is 1.40. The summed E-state index contributed by atoms with van der Waals surface area (Å²) in [5, 5.41) is 6.08. The van der Waals surface area contributed by atoms with E-state index in [1.54, 1.807) is 11.1 Å². The Balaban J connectivity index is 1.41. The quantitative estimate of drug-likeness (QED) is 0.785. The summed E-state index contributed by atoms with van der Waals surface area (Å²) in [6, 6.07) is 5.82. The highest BCUT2D eigenvalue weighted by molar-refractivity contribution is 5.86. The summed E-state index contributed by atoms with van der Waals surface area (Å²) in [5.41, 5.74) is 0. The van der Waals surface area contributed by atoms with Gasteiger partial charge >= 0.3 is 0 Å². The highest BCUT2D eigenvalue weighted by atomic mass is 16.2. The van der Waals surface area contributed by atoms with Crippen molar-refractivity contribution in [3.63, 3.8) is 0 Å². The summed E-state index contributed by atoms with van der Waals surface area (Å²) >= 11 is 0. The van der Waals surface area contributed by atoms with Crippen LogP contribution in [0.1, 0.15) is 6.42 Å². The monoisotopic (exact) mass is 317 g/mol. The van der Waals surface area contributed by atoms with Gasteiger partial charge in [-0.3, -0.25) is 14.5 Å². The normalized spacial score (nSPS) is 22.0. The van der Waals surface area contributed by atoms with Crippen LogP contribution < -0.4 is 10.6 Å². The van der Waals surface area contributed by atoms with Crippen LogP contribution in [0.15, 0.2) is 24.4 Å². The molecule has 2 aliphatic heterocycles. The number of pyridine rings is 1. The fourth-order valence-electron chi connectivity index (χ4n) is 3.08. The van der Waals surface area contributed by atoms with Gasteiger partial charge in [0.15, 0.2) is 0 Å². The van der Waals surface area contributed by atoms with Gasteiger partial charge in [-0.1, -0.05) is 6.07 Å². The van der Waals surface area contributed by atoms with Crippen molar-refractivity contribution < 1.29 is 9.59 Å². The van der Waals surface area contributed by atoms with Crippen LogP contribution in [0.3, 0.4) is 0 Å². The maximum Gasteiger partial charge on any atom is 0.239 e. The number of carbonyl (C=O) groups excluding carboxylic acids is 2. The molecule has 0 radical (unpaired) electrons. The predicted molar refractivity (Wildman–Crippen MR) is 86.9 cm³/mol. The molecule has 0 aliphatic carbocycles. The summed E-state index contributed by atoms with van der Waals surface area (Å²) in [4.78, 5) is 31.7. The Morgan fingerprint density at radius 2 is 2.30 bits per heavy atom. The third kappa shape index (κ3) is 4.41. The van der Waals surface area contributed by atoms with Crippen LogP contribution in [-0.4, -0.2) is 72.4 Å². The predicted octanol–water partition coefficient (Wildman–Crippen LogP) is -0.226. The Bertz CT molecular complexity index is 551. The van der Waals surface area contributed by atoms with E-state index in [4.69, 9.17) is 0 Å². The van der Waals surface area contributed by atoms with E-state index >= 15 is 0 Å². The lowest BCUT2D eigenvalue weighted by molar-refractivity contribution is -0.138. The highest BCUT2D eigenvalue weighted by Gasteiger charge is 2.27. The minimum Gasteiger partial charge on any atom is -0.370 e. The van der Waals surface area contributed by atoms with Crippen LogP contribution in [0, 0.1) is 5.92 Å². The summed E-state index contributed by atoms with van der Waals surface area (Å²) < 4.78 is 0. The second kappa shape index (κ2) is 7.41. The van der Waals surface area contributed by atoms with E-state index in [1.807, 2.05) is 18.2 Å². The molecule has 0 saturated carbocycles. The maximum atomic E-state index is 12.3. The fraction of sp³-hybridized carbons (Fsp3) is 0.562. The third-order valence-corrected chi connectivity index (χ3v) is 4.36. The molecule has 1 aromatic rings. The number of rotatable bonds is 5. The van der Waals surface area contributed by atoms with Crippen LogP contribution in [0.4, 0.5) is 5.82 Å². The second-order valence-corrected chi connectivity index (χ2v) is 6.15. The maximum absolute atomic E-state index is 12.3. The van der Waals surface area contributed by atoms with Gasteiger partial charge in [-0.05, 0) is 31.0 Å². The minimum atomic E-state index is -0.0662. The van der Waals surface area contributed by atoms with Gasteiger partial charge in [0.2, 0.25) is 11.8 Å². The van der Waals surface area contributed by atoms with Crippen LogP contribution >= 0.6 is 0 Å². The zero-order valence-electron chi connectivity index (χ0n) is 13.2. The van der Waals surface area contributed by atoms with Gasteiger partial charge in [-0.25, -0.2) is 4.98 Å². The molecule has 3 heterocycles. The lowest BCUT2D eigenvalue weighted by Gasteiger charge is -2.28. The van der Waals surface area contributed by atoms with E-state index in [2.05, 4.69) is 20.5 Å². The number of likely N-dealkylation sites (tertiary alicyclic amines) is 1. The molecule has 1 atom stereocenters. The molecule has 0 unspecified atom stereocenters. The molecule has 1 aromatic heterocycles. The third-order valence-electron chi connectivity index (χ3n) is 4.36. The lowest BCUT2D eigenvalue weighted by atomic mass is 10.1. The van der Waals surface area contributed by atoms with E-state index in [0.717, 1.165) is 31.9 Å². The molecular weight excluding hydrogens is 294 g/mol. The lowest BCUT2D eigenvalue weighted by Crippen LogP contribution is -2.52. The molecule has 124 valence electrons. The first-order valence-electron chi connectivity index (χ1n) is 8.12. The van der Waals surface area contributed by atoms with Gasteiger partial charge in [-0.2, -0.15) is 0 Å². The van der Waals surface area contributed by atoms with Crippen LogP contribution in [-0.2, 0) is 9.59 Å². The number of amides is 2. The molecule has 2 N–H and O–H groups in total. The van der Waals surface area contributed by atoms with Gasteiger partial charge < -0.3 is 15.5 Å². The number of hydrogen-bond acceptors (Lipinski definition) is 5. The number of carbonyl (C=O) groups is 2. The van der Waals surface area contributed by atoms with E-state index in [-0.39, 0.29) is 18.4 Å². The molecule has 2 amide bonds. The molecule has 0 bridgehead atoms. The second-order valence-electron chi connectivity index (χ2n) is 6.15.